The molecule has 0 N–H and O–H groups in total. The predicted octanol–water partition coefficient (Wildman–Crippen LogP) is 23.1. The van der Waals surface area contributed by atoms with Crippen LogP contribution >= 0.6 is 0 Å². The van der Waals surface area contributed by atoms with Crippen LogP contribution < -0.4 is 0 Å². The van der Waals surface area contributed by atoms with Gasteiger partial charge in [-0.3, -0.25) is 14.4 Å². The van der Waals surface area contributed by atoms with Crippen LogP contribution in [0, 0.1) is 0 Å². The Balaban J connectivity index is 4.26. The van der Waals surface area contributed by atoms with E-state index in [2.05, 4.69) is 106 Å². The lowest BCUT2D eigenvalue weighted by Crippen LogP contribution is -2.30. The van der Waals surface area contributed by atoms with E-state index < -0.39 is 6.10 Å². The summed E-state index contributed by atoms with van der Waals surface area (Å²) < 4.78 is 16.9. The summed E-state index contributed by atoms with van der Waals surface area (Å²) in [7, 11) is 0. The van der Waals surface area contributed by atoms with Crippen LogP contribution in [0.3, 0.4) is 0 Å². The van der Waals surface area contributed by atoms with Crippen molar-refractivity contribution in [2.45, 2.75) is 341 Å². The fraction of sp³-hybridized carbons (Fsp3) is 0.764. The van der Waals surface area contributed by atoms with Gasteiger partial charge >= 0.3 is 17.9 Å². The minimum atomic E-state index is -0.788. The number of carbonyl (C=O) groups excluding carboxylic acids is 3. The third-order valence-corrected chi connectivity index (χ3v) is 14.6. The van der Waals surface area contributed by atoms with Crippen molar-refractivity contribution >= 4 is 17.9 Å². The number of hydrogen-bond acceptors (Lipinski definition) is 6. The van der Waals surface area contributed by atoms with Gasteiger partial charge in [0.05, 0.1) is 0 Å². The number of ether oxygens (including phenoxy) is 3. The van der Waals surface area contributed by atoms with E-state index in [0.717, 1.165) is 109 Å². The summed E-state index contributed by atoms with van der Waals surface area (Å²) in [6.07, 6.45) is 87.5. The molecule has 0 aromatic heterocycles. The molecule has 0 saturated heterocycles. The van der Waals surface area contributed by atoms with E-state index in [1.807, 2.05) is 0 Å². The molecule has 0 aliphatic heterocycles. The molecule has 0 aliphatic carbocycles. The molecule has 0 aromatic rings. The minimum Gasteiger partial charge on any atom is -0.462 e. The number of hydrogen-bond donors (Lipinski definition) is 0. The van der Waals surface area contributed by atoms with Gasteiger partial charge in [0.1, 0.15) is 13.2 Å². The molecule has 450 valence electrons. The number of esters is 3. The smallest absolute Gasteiger partial charge is 0.306 e. The topological polar surface area (TPSA) is 78.9 Å². The molecule has 1 unspecified atom stereocenters. The van der Waals surface area contributed by atoms with Crippen LogP contribution in [0.4, 0.5) is 0 Å². The maximum absolute atomic E-state index is 12.9. The number of rotatable bonds is 61. The highest BCUT2D eigenvalue weighted by Crippen LogP contribution is 2.18. The van der Waals surface area contributed by atoms with Gasteiger partial charge in [0.15, 0.2) is 6.10 Å². The van der Waals surface area contributed by atoms with Crippen molar-refractivity contribution in [3.8, 4) is 0 Å². The average Bonchev–Trinajstić information content (AvgIpc) is 3.44. The largest absolute Gasteiger partial charge is 0.462 e. The Labute approximate surface area is 484 Å². The van der Waals surface area contributed by atoms with E-state index in [9.17, 15) is 14.4 Å². The second-order valence-corrected chi connectivity index (χ2v) is 22.3. The Morgan fingerprint density at radius 1 is 0.269 bits per heavy atom. The second-order valence-electron chi connectivity index (χ2n) is 22.3. The van der Waals surface area contributed by atoms with Crippen molar-refractivity contribution in [2.24, 2.45) is 0 Å². The number of allylic oxidation sites excluding steroid dienone is 14. The Kier molecular flexibility index (Phi) is 63.2. The van der Waals surface area contributed by atoms with Gasteiger partial charge in [0, 0.05) is 19.3 Å². The van der Waals surface area contributed by atoms with Crippen LogP contribution in [0.1, 0.15) is 335 Å². The highest BCUT2D eigenvalue weighted by Gasteiger charge is 2.19. The molecule has 78 heavy (non-hydrogen) atoms. The molecule has 0 spiro atoms. The SMILES string of the molecule is CC/C=C\C/C=C\C/C=C\C/C=C\CCCCCCCCCCCCCCCCC(=O)OCC(COC(=O)CCCCC/C=C\C/C=C\C/C=C\CC)OC(=O)CCCCCCCCCCCCCCCCCCCCCC. The van der Waals surface area contributed by atoms with Crippen molar-refractivity contribution < 1.29 is 28.6 Å². The highest BCUT2D eigenvalue weighted by atomic mass is 16.6. The van der Waals surface area contributed by atoms with Crippen LogP contribution in [-0.2, 0) is 28.6 Å². The fourth-order valence-corrected chi connectivity index (χ4v) is 9.69. The van der Waals surface area contributed by atoms with Gasteiger partial charge in [-0.05, 0) is 89.9 Å². The molecule has 6 nitrogen and oxygen atoms in total. The molecule has 0 aliphatic rings. The first kappa shape index (κ1) is 74.6. The van der Waals surface area contributed by atoms with E-state index in [1.165, 1.54) is 186 Å². The Morgan fingerprint density at radius 2 is 0.500 bits per heavy atom. The van der Waals surface area contributed by atoms with Gasteiger partial charge in [-0.15, -0.1) is 0 Å². The third kappa shape index (κ3) is 63.4. The van der Waals surface area contributed by atoms with Crippen LogP contribution in [0.5, 0.6) is 0 Å². The third-order valence-electron chi connectivity index (χ3n) is 14.6. The Hall–Kier alpha value is -3.41. The lowest BCUT2D eigenvalue weighted by Gasteiger charge is -2.18. The summed E-state index contributed by atoms with van der Waals surface area (Å²) in [4.78, 5) is 38.3. The van der Waals surface area contributed by atoms with Crippen molar-refractivity contribution in [3.05, 3.63) is 85.1 Å². The normalized spacial score (nSPS) is 12.6. The zero-order chi connectivity index (χ0) is 56.4. The van der Waals surface area contributed by atoms with E-state index in [0.29, 0.717) is 19.3 Å². The second kappa shape index (κ2) is 66.1. The first-order valence-electron chi connectivity index (χ1n) is 33.6. The van der Waals surface area contributed by atoms with Crippen molar-refractivity contribution in [1.29, 1.82) is 0 Å². The molecule has 0 radical (unpaired) electrons. The summed E-state index contributed by atoms with van der Waals surface area (Å²) in [6, 6.07) is 0. The average molecular weight is 1090 g/mol. The predicted molar refractivity (Wildman–Crippen MR) is 339 cm³/mol. The van der Waals surface area contributed by atoms with Crippen LogP contribution in [0.25, 0.3) is 0 Å². The van der Waals surface area contributed by atoms with Crippen molar-refractivity contribution in [2.75, 3.05) is 13.2 Å². The monoisotopic (exact) mass is 1090 g/mol. The van der Waals surface area contributed by atoms with E-state index >= 15 is 0 Å². The van der Waals surface area contributed by atoms with Crippen LogP contribution in [-0.4, -0.2) is 37.2 Å². The molecule has 0 amide bonds. The standard InChI is InChI=1S/C72H126O6/c1-4-7-10-13-16-19-22-25-27-29-31-33-34-35-36-37-38-39-41-42-44-47-50-53-56-59-62-65-71(74)77-68-69(67-76-70(73)64-61-58-55-52-49-46-24-21-18-15-12-9-6-3)78-72(75)66-63-60-57-54-51-48-45-43-40-32-30-28-26-23-20-17-14-11-8-5-2/h7,9-10,12,16,18-19,21,25,27,31,33,46,49,69H,4-6,8,11,13-15,17,20,22-24,26,28-30,32,34-45,47-48,50-68H2,1-3H3/b10-7-,12-9-,19-16-,21-18-,27-25-,33-31-,49-46-. The molecule has 0 heterocycles. The molecule has 0 saturated carbocycles. The minimum absolute atomic E-state index is 0.0826. The molecule has 0 bridgehead atoms. The highest BCUT2D eigenvalue weighted by molar-refractivity contribution is 5.71. The molecule has 0 rings (SSSR count). The van der Waals surface area contributed by atoms with Gasteiger partial charge in [-0.25, -0.2) is 0 Å². The molecule has 0 fully saturated rings. The lowest BCUT2D eigenvalue weighted by atomic mass is 10.0. The summed E-state index contributed by atoms with van der Waals surface area (Å²) in [5, 5.41) is 0. The lowest BCUT2D eigenvalue weighted by molar-refractivity contribution is -0.167. The van der Waals surface area contributed by atoms with Crippen LogP contribution in [0.15, 0.2) is 85.1 Å². The molecular formula is C72H126O6. The molecule has 0 aromatic carbocycles. The van der Waals surface area contributed by atoms with Gasteiger partial charge in [0.2, 0.25) is 0 Å². The van der Waals surface area contributed by atoms with E-state index in [-0.39, 0.29) is 31.1 Å². The van der Waals surface area contributed by atoms with E-state index in [4.69, 9.17) is 14.2 Å². The molecule has 1 atom stereocenters. The summed E-state index contributed by atoms with van der Waals surface area (Å²) in [5.74, 6) is -0.896. The summed E-state index contributed by atoms with van der Waals surface area (Å²) in [6.45, 7) is 6.44. The number of carbonyl (C=O) groups is 3. The number of unbranched alkanes of at least 4 members (excludes halogenated alkanes) is 36. The van der Waals surface area contributed by atoms with Crippen molar-refractivity contribution in [1.82, 2.24) is 0 Å². The van der Waals surface area contributed by atoms with Crippen LogP contribution in [0.2, 0.25) is 0 Å². The Bertz CT molecular complexity index is 1480. The van der Waals surface area contributed by atoms with E-state index in [1.54, 1.807) is 0 Å². The quantitative estimate of drug-likeness (QED) is 0.0261. The van der Waals surface area contributed by atoms with Gasteiger partial charge < -0.3 is 14.2 Å². The molecular weight excluding hydrogens is 961 g/mol. The first-order chi connectivity index (χ1) is 38.5. The van der Waals surface area contributed by atoms with Gasteiger partial charge in [0.25, 0.3) is 0 Å². The fourth-order valence-electron chi connectivity index (χ4n) is 9.69. The zero-order valence-electron chi connectivity index (χ0n) is 51.7. The summed E-state index contributed by atoms with van der Waals surface area (Å²) in [5.41, 5.74) is 0. The van der Waals surface area contributed by atoms with Crippen molar-refractivity contribution in [3.63, 3.8) is 0 Å². The van der Waals surface area contributed by atoms with Gasteiger partial charge in [-0.2, -0.15) is 0 Å². The Morgan fingerprint density at radius 3 is 0.795 bits per heavy atom. The zero-order valence-corrected chi connectivity index (χ0v) is 51.7. The summed E-state index contributed by atoms with van der Waals surface area (Å²) >= 11 is 0. The van der Waals surface area contributed by atoms with Gasteiger partial charge in [-0.1, -0.05) is 311 Å². The first-order valence-corrected chi connectivity index (χ1v) is 33.6. The maximum atomic E-state index is 12.9. The maximum Gasteiger partial charge on any atom is 0.306 e. The molecule has 6 heteroatoms.